The molecular weight excluding hydrogens is 396 g/mol. The third kappa shape index (κ3) is 4.26. The number of rotatable bonds is 6. The van der Waals surface area contributed by atoms with Gasteiger partial charge in [-0.05, 0) is 36.3 Å². The van der Waals surface area contributed by atoms with Crippen LogP contribution in [-0.2, 0) is 11.2 Å². The van der Waals surface area contributed by atoms with Crippen molar-refractivity contribution in [2.24, 2.45) is 5.92 Å². The van der Waals surface area contributed by atoms with Crippen LogP contribution in [0.15, 0.2) is 23.8 Å². The fourth-order valence-electron chi connectivity index (χ4n) is 2.67. The summed E-state index contributed by atoms with van der Waals surface area (Å²) < 4.78 is 4.92. The molecule has 3 rings (SSSR count). The molecule has 0 spiro atoms. The number of methoxy groups -OCH3 is 1. The zero-order valence-electron chi connectivity index (χ0n) is 16.0. The van der Waals surface area contributed by atoms with E-state index in [-0.39, 0.29) is 5.91 Å². The molecule has 28 heavy (non-hydrogen) atoms. The number of esters is 1. The molecule has 3 aromatic rings. The van der Waals surface area contributed by atoms with Crippen LogP contribution >= 0.6 is 22.7 Å². The quantitative estimate of drug-likeness (QED) is 0.605. The van der Waals surface area contributed by atoms with Crippen molar-refractivity contribution in [1.82, 2.24) is 15.0 Å². The lowest BCUT2D eigenvalue weighted by atomic mass is 10.0. The Kier molecular flexibility index (Phi) is 6.15. The first-order valence-corrected chi connectivity index (χ1v) is 10.3. The largest absolute Gasteiger partial charge is 0.465 e. The molecule has 0 atom stereocenters. The summed E-state index contributed by atoms with van der Waals surface area (Å²) in [6, 6.07) is 1.72. The molecule has 3 aromatic heterocycles. The minimum Gasteiger partial charge on any atom is -0.465 e. The first kappa shape index (κ1) is 20.1. The molecule has 9 heteroatoms. The number of nitrogens with zero attached hydrogens (tertiary/aromatic N) is 3. The normalized spacial score (nSPS) is 10.9. The van der Waals surface area contributed by atoms with Crippen molar-refractivity contribution in [3.8, 4) is 10.8 Å². The number of hydrogen-bond acceptors (Lipinski definition) is 8. The number of hydrogen-bond donors (Lipinski definition) is 1. The van der Waals surface area contributed by atoms with Crippen molar-refractivity contribution < 1.29 is 14.3 Å². The highest BCUT2D eigenvalue weighted by Gasteiger charge is 2.24. The highest BCUT2D eigenvalue weighted by Crippen LogP contribution is 2.32. The number of aryl methyl sites for hydroxylation is 1. The first-order valence-electron chi connectivity index (χ1n) is 8.65. The molecular formula is C19H20N4O3S2. The zero-order valence-corrected chi connectivity index (χ0v) is 17.6. The SMILES string of the molecule is COC(=O)c1c(CC(C)C)csc1NC(=O)c1sc(-c2ncccn2)nc1C. The van der Waals surface area contributed by atoms with Crippen LogP contribution in [0.1, 0.15) is 45.1 Å². The summed E-state index contributed by atoms with van der Waals surface area (Å²) in [5, 5.41) is 5.80. The second-order valence-corrected chi connectivity index (χ2v) is 8.39. The molecule has 1 amide bonds. The predicted octanol–water partition coefficient (Wildman–Crippen LogP) is 4.21. The molecule has 146 valence electrons. The van der Waals surface area contributed by atoms with Crippen LogP contribution in [-0.4, -0.2) is 33.9 Å². The number of carbonyl (C=O) groups excluding carboxylic acids is 2. The number of thiophene rings is 1. The van der Waals surface area contributed by atoms with E-state index in [0.29, 0.717) is 37.9 Å². The summed E-state index contributed by atoms with van der Waals surface area (Å²) in [4.78, 5) is 38.3. The molecule has 0 aromatic carbocycles. The summed E-state index contributed by atoms with van der Waals surface area (Å²) in [5.74, 6) is 0.0749. The molecule has 0 aliphatic heterocycles. The summed E-state index contributed by atoms with van der Waals surface area (Å²) >= 11 is 2.54. The highest BCUT2D eigenvalue weighted by molar-refractivity contribution is 7.17. The van der Waals surface area contributed by atoms with Crippen molar-refractivity contribution in [2.75, 3.05) is 12.4 Å². The molecule has 1 N–H and O–H groups in total. The Morgan fingerprint density at radius 2 is 1.96 bits per heavy atom. The summed E-state index contributed by atoms with van der Waals surface area (Å²) in [7, 11) is 1.34. The van der Waals surface area contributed by atoms with Crippen LogP contribution in [0.4, 0.5) is 5.00 Å². The van der Waals surface area contributed by atoms with Gasteiger partial charge in [0.15, 0.2) is 10.8 Å². The van der Waals surface area contributed by atoms with Gasteiger partial charge in [0.05, 0.1) is 18.4 Å². The Bertz CT molecular complexity index is 996. The highest BCUT2D eigenvalue weighted by atomic mass is 32.1. The van der Waals surface area contributed by atoms with Crippen LogP contribution in [0.5, 0.6) is 0 Å². The second-order valence-electron chi connectivity index (χ2n) is 6.51. The van der Waals surface area contributed by atoms with Gasteiger partial charge >= 0.3 is 5.97 Å². The van der Waals surface area contributed by atoms with Crippen molar-refractivity contribution in [1.29, 1.82) is 0 Å². The fraction of sp³-hybridized carbons (Fsp3) is 0.316. The lowest BCUT2D eigenvalue weighted by Gasteiger charge is -2.08. The Labute approximate surface area is 170 Å². The van der Waals surface area contributed by atoms with Crippen molar-refractivity contribution >= 4 is 39.6 Å². The van der Waals surface area contributed by atoms with Crippen LogP contribution in [0.3, 0.4) is 0 Å². The maximum Gasteiger partial charge on any atom is 0.341 e. The van der Waals surface area contributed by atoms with Crippen LogP contribution < -0.4 is 5.32 Å². The summed E-state index contributed by atoms with van der Waals surface area (Å²) in [5.41, 5.74) is 1.88. The number of ether oxygens (including phenoxy) is 1. The maximum absolute atomic E-state index is 12.8. The lowest BCUT2D eigenvalue weighted by molar-refractivity contribution is 0.0601. The van der Waals surface area contributed by atoms with Crippen molar-refractivity contribution in [2.45, 2.75) is 27.2 Å². The van der Waals surface area contributed by atoms with Gasteiger partial charge in [-0.15, -0.1) is 22.7 Å². The standard InChI is InChI=1S/C19H20N4O3S2/c1-10(2)8-12-9-27-17(13(12)19(25)26-4)23-16(24)14-11(3)22-18(28-14)15-20-6-5-7-21-15/h5-7,9-10H,8H2,1-4H3,(H,23,24). The molecule has 0 bridgehead atoms. The number of aromatic nitrogens is 3. The van der Waals surface area contributed by atoms with Gasteiger partial charge < -0.3 is 10.1 Å². The van der Waals surface area contributed by atoms with Crippen LogP contribution in [0.25, 0.3) is 10.8 Å². The number of nitrogens with one attached hydrogen (secondary N) is 1. The molecule has 3 heterocycles. The van der Waals surface area contributed by atoms with Gasteiger partial charge in [0.2, 0.25) is 0 Å². The molecule has 0 unspecified atom stereocenters. The molecule has 0 aliphatic carbocycles. The number of anilines is 1. The van der Waals surface area contributed by atoms with E-state index < -0.39 is 5.97 Å². The van der Waals surface area contributed by atoms with E-state index >= 15 is 0 Å². The molecule has 0 fully saturated rings. The van der Waals surface area contributed by atoms with Crippen molar-refractivity contribution in [3.63, 3.8) is 0 Å². The third-order valence-corrected chi connectivity index (χ3v) is 5.97. The second kappa shape index (κ2) is 8.57. The average Bonchev–Trinajstić information content (AvgIpc) is 3.25. The Morgan fingerprint density at radius 1 is 1.25 bits per heavy atom. The number of carbonyl (C=O) groups is 2. The van der Waals surface area contributed by atoms with Crippen LogP contribution in [0, 0.1) is 12.8 Å². The number of thiazole rings is 1. The maximum atomic E-state index is 12.8. The van der Waals surface area contributed by atoms with E-state index in [1.165, 1.54) is 29.8 Å². The van der Waals surface area contributed by atoms with E-state index in [9.17, 15) is 9.59 Å². The van der Waals surface area contributed by atoms with Gasteiger partial charge in [0.25, 0.3) is 5.91 Å². The fourth-order valence-corrected chi connectivity index (χ4v) is 4.54. The monoisotopic (exact) mass is 416 g/mol. The minimum absolute atomic E-state index is 0.319. The van der Waals surface area contributed by atoms with E-state index in [4.69, 9.17) is 4.74 Å². The van der Waals surface area contributed by atoms with E-state index in [0.717, 1.165) is 12.0 Å². The zero-order chi connectivity index (χ0) is 20.3. The topological polar surface area (TPSA) is 94.1 Å². The smallest absolute Gasteiger partial charge is 0.341 e. The van der Waals surface area contributed by atoms with E-state index in [2.05, 4.69) is 34.1 Å². The van der Waals surface area contributed by atoms with Crippen molar-refractivity contribution in [3.05, 3.63) is 45.5 Å². The van der Waals surface area contributed by atoms with Gasteiger partial charge in [-0.3, -0.25) is 4.79 Å². The molecule has 0 saturated carbocycles. The average molecular weight is 417 g/mol. The lowest BCUT2D eigenvalue weighted by Crippen LogP contribution is -2.14. The van der Waals surface area contributed by atoms with E-state index in [1.807, 2.05) is 5.38 Å². The first-order chi connectivity index (χ1) is 13.4. The van der Waals surface area contributed by atoms with Gasteiger partial charge in [-0.25, -0.2) is 19.7 Å². The van der Waals surface area contributed by atoms with Gasteiger partial charge in [0.1, 0.15) is 9.88 Å². The molecule has 0 aliphatic rings. The van der Waals surface area contributed by atoms with Gasteiger partial charge in [-0.2, -0.15) is 0 Å². The van der Waals surface area contributed by atoms with Crippen LogP contribution in [0.2, 0.25) is 0 Å². The molecule has 0 saturated heterocycles. The Balaban J connectivity index is 1.89. The number of amides is 1. The Hall–Kier alpha value is -2.65. The van der Waals surface area contributed by atoms with Gasteiger partial charge in [-0.1, -0.05) is 13.8 Å². The molecule has 7 nitrogen and oxygen atoms in total. The molecule has 0 radical (unpaired) electrons. The Morgan fingerprint density at radius 3 is 2.61 bits per heavy atom. The summed E-state index contributed by atoms with van der Waals surface area (Å²) in [6.07, 6.45) is 3.98. The third-order valence-electron chi connectivity index (χ3n) is 3.87. The van der Waals surface area contributed by atoms with Gasteiger partial charge in [0, 0.05) is 12.4 Å². The summed E-state index contributed by atoms with van der Waals surface area (Å²) in [6.45, 7) is 5.91. The predicted molar refractivity (Wildman–Crippen MR) is 110 cm³/mol. The minimum atomic E-state index is -0.452. The van der Waals surface area contributed by atoms with E-state index in [1.54, 1.807) is 25.4 Å².